The third kappa shape index (κ3) is 5.09. The van der Waals surface area contributed by atoms with Crippen LogP contribution in [-0.2, 0) is 11.4 Å². The maximum atomic E-state index is 12.6. The molecule has 1 fully saturated rings. The summed E-state index contributed by atoms with van der Waals surface area (Å²) in [6.07, 6.45) is 3.63. The van der Waals surface area contributed by atoms with Crippen molar-refractivity contribution in [3.63, 3.8) is 0 Å². The summed E-state index contributed by atoms with van der Waals surface area (Å²) in [6, 6.07) is 8.29. The third-order valence-corrected chi connectivity index (χ3v) is 7.05. The second-order valence-electron chi connectivity index (χ2n) is 7.94. The fourth-order valence-corrected chi connectivity index (χ4v) is 5.01. The second kappa shape index (κ2) is 9.84. The first-order valence-corrected chi connectivity index (χ1v) is 12.5. The fraction of sp³-hybridized carbons (Fsp3) is 0.261. The zero-order chi connectivity index (χ0) is 25.2. The number of amides is 1. The average molecular weight is 522 g/mol. The summed E-state index contributed by atoms with van der Waals surface area (Å²) >= 11 is 2.64. The van der Waals surface area contributed by atoms with E-state index < -0.39 is 5.91 Å². The topological polar surface area (TPSA) is 144 Å². The molecular formula is C23H19N7O4S2. The Balaban J connectivity index is 1.30. The molecule has 1 aliphatic carbocycles. The van der Waals surface area contributed by atoms with Crippen molar-refractivity contribution in [2.75, 3.05) is 12.4 Å². The molecule has 13 heteroatoms. The molecule has 11 nitrogen and oxygen atoms in total. The number of rotatable bonds is 8. The van der Waals surface area contributed by atoms with Crippen LogP contribution in [0, 0.1) is 18.3 Å². The molecule has 0 aliphatic heterocycles. The van der Waals surface area contributed by atoms with Gasteiger partial charge in [0.2, 0.25) is 10.1 Å². The molecule has 1 saturated carbocycles. The molecule has 0 unspecified atom stereocenters. The summed E-state index contributed by atoms with van der Waals surface area (Å²) in [4.78, 5) is 29.7. The van der Waals surface area contributed by atoms with Gasteiger partial charge in [-0.1, -0.05) is 28.7 Å². The highest BCUT2D eigenvalue weighted by Gasteiger charge is 2.28. The number of ether oxygens (including phenoxy) is 2. The number of hydrogen-bond acceptors (Lipinski definition) is 11. The molecule has 0 bridgehead atoms. The van der Waals surface area contributed by atoms with Gasteiger partial charge in [0.05, 0.1) is 12.8 Å². The van der Waals surface area contributed by atoms with Crippen molar-refractivity contribution in [2.45, 2.75) is 32.3 Å². The van der Waals surface area contributed by atoms with Gasteiger partial charge in [0.1, 0.15) is 28.3 Å². The highest BCUT2D eigenvalue weighted by Crippen LogP contribution is 2.42. The van der Waals surface area contributed by atoms with Gasteiger partial charge in [0, 0.05) is 12.0 Å². The van der Waals surface area contributed by atoms with E-state index in [0.29, 0.717) is 38.8 Å². The molecule has 36 heavy (non-hydrogen) atoms. The molecule has 1 amide bonds. The highest BCUT2D eigenvalue weighted by atomic mass is 32.1. The lowest BCUT2D eigenvalue weighted by molar-refractivity contribution is -0.112. The highest BCUT2D eigenvalue weighted by molar-refractivity contribution is 7.16. The number of hydrogen-bond donors (Lipinski definition) is 1. The van der Waals surface area contributed by atoms with Crippen LogP contribution < -0.4 is 20.3 Å². The Morgan fingerprint density at radius 3 is 2.86 bits per heavy atom. The van der Waals surface area contributed by atoms with Crippen LogP contribution in [0.3, 0.4) is 0 Å². The lowest BCUT2D eigenvalue weighted by Crippen LogP contribution is -2.16. The van der Waals surface area contributed by atoms with Gasteiger partial charge >= 0.3 is 0 Å². The van der Waals surface area contributed by atoms with Crippen molar-refractivity contribution in [1.29, 1.82) is 5.26 Å². The van der Waals surface area contributed by atoms with Crippen LogP contribution in [0.25, 0.3) is 11.0 Å². The Morgan fingerprint density at radius 1 is 1.28 bits per heavy atom. The number of fused-ring (bicyclic) bond motifs is 1. The molecule has 182 valence electrons. The van der Waals surface area contributed by atoms with E-state index in [1.807, 2.05) is 6.07 Å². The molecule has 0 saturated heterocycles. The fourth-order valence-electron chi connectivity index (χ4n) is 3.33. The number of carbonyl (C=O) groups excluding carboxylic acids is 1. The standard InChI is InChI=1S/C23H19N7O4S2/c1-12-29-30-19(31)9-16(25-23(30)35-12)11-34-17-6-3-13(8-18(17)33-2)7-15(10-24)20(32)26-22-28-27-21(36-22)14-4-5-14/h3,6-9,14H,4-5,11H2,1-2H3,(H,26,28,32)/b15-7-. The number of nitrogens with zero attached hydrogens (tertiary/aromatic N) is 6. The molecule has 3 aromatic heterocycles. The van der Waals surface area contributed by atoms with E-state index in [4.69, 9.17) is 9.47 Å². The van der Waals surface area contributed by atoms with Gasteiger partial charge in [-0.05, 0) is 43.5 Å². The van der Waals surface area contributed by atoms with Crippen LogP contribution in [0.4, 0.5) is 5.13 Å². The summed E-state index contributed by atoms with van der Waals surface area (Å²) < 4.78 is 12.5. The molecule has 3 heterocycles. The summed E-state index contributed by atoms with van der Waals surface area (Å²) in [7, 11) is 1.48. The van der Waals surface area contributed by atoms with Crippen molar-refractivity contribution < 1.29 is 14.3 Å². The molecule has 1 N–H and O–H groups in total. The van der Waals surface area contributed by atoms with Crippen LogP contribution in [0.15, 0.2) is 34.6 Å². The van der Waals surface area contributed by atoms with Crippen LogP contribution in [0.1, 0.15) is 40.0 Å². The predicted octanol–water partition coefficient (Wildman–Crippen LogP) is 3.32. The maximum Gasteiger partial charge on any atom is 0.275 e. The minimum atomic E-state index is -0.568. The van der Waals surface area contributed by atoms with E-state index in [1.165, 1.54) is 46.4 Å². The first kappa shape index (κ1) is 23.6. The van der Waals surface area contributed by atoms with Crippen molar-refractivity contribution >= 4 is 44.7 Å². The molecule has 1 aliphatic rings. The van der Waals surface area contributed by atoms with Crippen molar-refractivity contribution in [1.82, 2.24) is 24.8 Å². The zero-order valence-electron chi connectivity index (χ0n) is 19.2. The third-order valence-electron chi connectivity index (χ3n) is 5.23. The molecule has 0 atom stereocenters. The maximum absolute atomic E-state index is 12.6. The minimum absolute atomic E-state index is 0.0464. The molecular weight excluding hydrogens is 502 g/mol. The van der Waals surface area contributed by atoms with Crippen LogP contribution in [-0.4, -0.2) is 37.8 Å². The van der Waals surface area contributed by atoms with E-state index in [1.54, 1.807) is 25.1 Å². The number of aryl methyl sites for hydroxylation is 1. The smallest absolute Gasteiger partial charge is 0.275 e. The normalized spacial score (nSPS) is 13.4. The first-order chi connectivity index (χ1) is 17.4. The molecule has 5 rings (SSSR count). The van der Waals surface area contributed by atoms with E-state index in [9.17, 15) is 14.9 Å². The number of nitriles is 1. The Hall–Kier alpha value is -4.15. The lowest BCUT2D eigenvalue weighted by atomic mass is 10.1. The largest absolute Gasteiger partial charge is 0.493 e. The first-order valence-electron chi connectivity index (χ1n) is 10.9. The summed E-state index contributed by atoms with van der Waals surface area (Å²) in [6.45, 7) is 1.85. The molecule has 0 spiro atoms. The second-order valence-corrected chi connectivity index (χ2v) is 10.1. The van der Waals surface area contributed by atoms with E-state index in [2.05, 4.69) is 25.6 Å². The SMILES string of the molecule is COc1cc(/C=C(/C#N)C(=O)Nc2nnc(C3CC3)s2)ccc1OCc1cc(=O)n2nc(C)sc2n1. The average Bonchev–Trinajstić information content (AvgIpc) is 3.49. The van der Waals surface area contributed by atoms with E-state index >= 15 is 0 Å². The van der Waals surface area contributed by atoms with E-state index in [-0.39, 0.29) is 17.7 Å². The Kier molecular flexibility index (Phi) is 6.45. The van der Waals surface area contributed by atoms with Gasteiger partial charge in [0.15, 0.2) is 11.5 Å². The van der Waals surface area contributed by atoms with Gasteiger partial charge in [-0.15, -0.1) is 10.2 Å². The summed E-state index contributed by atoms with van der Waals surface area (Å²) in [5, 5.41) is 26.4. The monoisotopic (exact) mass is 521 g/mol. The lowest BCUT2D eigenvalue weighted by Gasteiger charge is -2.11. The van der Waals surface area contributed by atoms with Crippen molar-refractivity contribution in [3.05, 3.63) is 61.5 Å². The number of nitrogens with one attached hydrogen (secondary N) is 1. The molecule has 1 aromatic carbocycles. The van der Waals surface area contributed by atoms with Crippen molar-refractivity contribution in [2.24, 2.45) is 0 Å². The quantitative estimate of drug-likeness (QED) is 0.273. The van der Waals surface area contributed by atoms with Crippen LogP contribution in [0.5, 0.6) is 11.5 Å². The minimum Gasteiger partial charge on any atom is -0.493 e. The Bertz CT molecular complexity index is 1590. The number of carbonyl (C=O) groups is 1. The predicted molar refractivity (Wildman–Crippen MR) is 133 cm³/mol. The molecule has 4 aromatic rings. The number of benzene rings is 1. The Labute approximate surface area is 212 Å². The zero-order valence-corrected chi connectivity index (χ0v) is 20.9. The van der Waals surface area contributed by atoms with Gasteiger partial charge in [-0.3, -0.25) is 14.9 Å². The van der Waals surface area contributed by atoms with Gasteiger partial charge in [-0.2, -0.15) is 14.9 Å². The van der Waals surface area contributed by atoms with Gasteiger partial charge in [0.25, 0.3) is 11.5 Å². The van der Waals surface area contributed by atoms with Crippen LogP contribution >= 0.6 is 22.7 Å². The molecule has 0 radical (unpaired) electrons. The number of anilines is 1. The summed E-state index contributed by atoms with van der Waals surface area (Å²) in [5.74, 6) is 0.679. The van der Waals surface area contributed by atoms with E-state index in [0.717, 1.165) is 22.9 Å². The Morgan fingerprint density at radius 2 is 2.11 bits per heavy atom. The number of aromatic nitrogens is 5. The van der Waals surface area contributed by atoms with Crippen molar-refractivity contribution in [3.8, 4) is 17.6 Å². The van der Waals surface area contributed by atoms with Gasteiger partial charge < -0.3 is 9.47 Å². The number of methoxy groups -OCH3 is 1. The van der Waals surface area contributed by atoms with Crippen LogP contribution in [0.2, 0.25) is 0 Å². The summed E-state index contributed by atoms with van der Waals surface area (Å²) in [5.41, 5.74) is 0.654. The van der Waals surface area contributed by atoms with Gasteiger partial charge in [-0.25, -0.2) is 4.98 Å².